The Kier molecular flexibility index (Phi) is 5.85. The van der Waals surface area contributed by atoms with Gasteiger partial charge in [-0.05, 0) is 30.9 Å². The lowest BCUT2D eigenvalue weighted by Gasteiger charge is -2.11. The summed E-state index contributed by atoms with van der Waals surface area (Å²) in [6, 6.07) is 1.84. The fourth-order valence-electron chi connectivity index (χ4n) is 3.01. The van der Waals surface area contributed by atoms with Crippen molar-refractivity contribution < 1.29 is 18.0 Å². The third kappa shape index (κ3) is 5.11. The van der Waals surface area contributed by atoms with E-state index in [1.54, 1.807) is 0 Å². The number of amides is 1. The average molecular weight is 330 g/mol. The summed E-state index contributed by atoms with van der Waals surface area (Å²) in [5.74, 6) is 0.288. The summed E-state index contributed by atoms with van der Waals surface area (Å²) in [6.07, 6.45) is 3.43. The Labute approximate surface area is 132 Å². The maximum absolute atomic E-state index is 12.6. The van der Waals surface area contributed by atoms with Crippen LogP contribution >= 0.6 is 0 Å². The van der Waals surface area contributed by atoms with Crippen LogP contribution in [-0.2, 0) is 17.5 Å². The molecule has 0 atom stereocenters. The number of alkyl halides is 3. The molecule has 23 heavy (non-hydrogen) atoms. The molecule has 1 saturated carbocycles. The molecule has 1 aromatic rings. The van der Waals surface area contributed by atoms with Crippen LogP contribution in [0, 0.1) is 5.92 Å². The molecule has 0 aliphatic heterocycles. The first-order valence-electron chi connectivity index (χ1n) is 7.91. The summed E-state index contributed by atoms with van der Waals surface area (Å²) in [5.41, 5.74) is -2.45. The van der Waals surface area contributed by atoms with Gasteiger partial charge in [-0.3, -0.25) is 9.59 Å². The lowest BCUT2D eigenvalue weighted by Crippen LogP contribution is -2.35. The van der Waals surface area contributed by atoms with Gasteiger partial charge < -0.3 is 9.88 Å². The Hall–Kier alpha value is -1.79. The van der Waals surface area contributed by atoms with Crippen molar-refractivity contribution in [3.63, 3.8) is 0 Å². The number of nitrogens with one attached hydrogen (secondary N) is 1. The molecule has 4 nitrogen and oxygen atoms in total. The van der Waals surface area contributed by atoms with Crippen LogP contribution in [0.1, 0.15) is 44.1 Å². The second-order valence-corrected chi connectivity index (χ2v) is 6.00. The largest absolute Gasteiger partial charge is 0.421 e. The summed E-state index contributed by atoms with van der Waals surface area (Å²) in [7, 11) is 0. The fourth-order valence-corrected chi connectivity index (χ4v) is 3.01. The first-order chi connectivity index (χ1) is 10.9. The Morgan fingerprint density at radius 2 is 2.00 bits per heavy atom. The van der Waals surface area contributed by atoms with Crippen LogP contribution in [-0.4, -0.2) is 17.0 Å². The predicted octanol–water partition coefficient (Wildman–Crippen LogP) is 2.95. The average Bonchev–Trinajstić information content (AvgIpc) is 2.98. The topological polar surface area (TPSA) is 51.1 Å². The highest BCUT2D eigenvalue weighted by Crippen LogP contribution is 2.28. The minimum Gasteiger partial charge on any atom is -0.355 e. The lowest BCUT2D eigenvalue weighted by atomic mass is 10.0. The molecular weight excluding hydrogens is 309 g/mol. The number of nitrogens with zero attached hydrogens (tertiary/aromatic N) is 1. The van der Waals surface area contributed by atoms with Crippen LogP contribution in [0.25, 0.3) is 0 Å². The first-order valence-corrected chi connectivity index (χ1v) is 7.91. The number of carbonyl (C=O) groups is 1. The van der Waals surface area contributed by atoms with Crippen LogP contribution in [0.3, 0.4) is 0 Å². The second-order valence-electron chi connectivity index (χ2n) is 6.00. The molecule has 7 heteroatoms. The van der Waals surface area contributed by atoms with E-state index in [4.69, 9.17) is 0 Å². The number of pyridine rings is 1. The summed E-state index contributed by atoms with van der Waals surface area (Å²) in [5, 5.41) is 2.66. The number of rotatable bonds is 6. The van der Waals surface area contributed by atoms with Crippen molar-refractivity contribution in [3.8, 4) is 0 Å². The van der Waals surface area contributed by atoms with Crippen LogP contribution in [0.4, 0.5) is 13.2 Å². The van der Waals surface area contributed by atoms with Gasteiger partial charge in [-0.25, -0.2) is 0 Å². The van der Waals surface area contributed by atoms with Crippen LogP contribution in [0.5, 0.6) is 0 Å². The van der Waals surface area contributed by atoms with Gasteiger partial charge in [0.25, 0.3) is 5.56 Å². The zero-order valence-corrected chi connectivity index (χ0v) is 12.9. The maximum atomic E-state index is 12.6. The molecule has 0 aromatic carbocycles. The molecule has 1 aliphatic rings. The monoisotopic (exact) mass is 330 g/mol. The number of aromatic nitrogens is 1. The Bertz CT molecular complexity index is 590. The van der Waals surface area contributed by atoms with Crippen molar-refractivity contribution >= 4 is 5.91 Å². The molecule has 1 aliphatic carbocycles. The summed E-state index contributed by atoms with van der Waals surface area (Å²) in [4.78, 5) is 23.5. The molecule has 0 bridgehead atoms. The molecule has 2 rings (SSSR count). The highest BCUT2D eigenvalue weighted by molar-refractivity contribution is 5.75. The van der Waals surface area contributed by atoms with E-state index in [0.29, 0.717) is 6.54 Å². The standard InChI is InChI=1S/C16H21F3N2O2/c17-16(18,19)13-8-4-10-21(15(13)23)11-14(22)20-9-3-7-12-5-1-2-6-12/h4,8,10,12H,1-3,5-7,9,11H2,(H,20,22). The highest BCUT2D eigenvalue weighted by Gasteiger charge is 2.34. The zero-order valence-electron chi connectivity index (χ0n) is 12.9. The number of hydrogen-bond acceptors (Lipinski definition) is 2. The molecule has 1 aromatic heterocycles. The van der Waals surface area contributed by atoms with Gasteiger partial charge in [-0.15, -0.1) is 0 Å². The van der Waals surface area contributed by atoms with Crippen molar-refractivity contribution in [1.82, 2.24) is 9.88 Å². The molecule has 1 N–H and O–H groups in total. The summed E-state index contributed by atoms with van der Waals surface area (Å²) >= 11 is 0. The van der Waals surface area contributed by atoms with Crippen LogP contribution in [0.15, 0.2) is 23.1 Å². The van der Waals surface area contributed by atoms with Gasteiger partial charge in [0.05, 0.1) is 0 Å². The van der Waals surface area contributed by atoms with E-state index in [2.05, 4.69) is 5.32 Å². The molecule has 0 unspecified atom stereocenters. The fraction of sp³-hybridized carbons (Fsp3) is 0.625. The zero-order chi connectivity index (χ0) is 16.9. The van der Waals surface area contributed by atoms with Crippen molar-refractivity contribution in [2.45, 2.75) is 51.2 Å². The smallest absolute Gasteiger partial charge is 0.355 e. The Morgan fingerprint density at radius 1 is 1.30 bits per heavy atom. The predicted molar refractivity (Wildman–Crippen MR) is 79.9 cm³/mol. The normalized spacial score (nSPS) is 15.8. The molecule has 1 fully saturated rings. The summed E-state index contributed by atoms with van der Waals surface area (Å²) in [6.45, 7) is 0.0925. The molecule has 1 amide bonds. The first kappa shape index (κ1) is 17.6. The van der Waals surface area contributed by atoms with Crippen molar-refractivity contribution in [3.05, 3.63) is 34.2 Å². The third-order valence-electron chi connectivity index (χ3n) is 4.23. The van der Waals surface area contributed by atoms with Gasteiger partial charge in [0.15, 0.2) is 0 Å². The maximum Gasteiger partial charge on any atom is 0.421 e. The van der Waals surface area contributed by atoms with Gasteiger partial charge in [0.1, 0.15) is 12.1 Å². The van der Waals surface area contributed by atoms with E-state index in [1.165, 1.54) is 31.9 Å². The van der Waals surface area contributed by atoms with E-state index in [-0.39, 0.29) is 0 Å². The molecule has 0 radical (unpaired) electrons. The summed E-state index contributed by atoms with van der Waals surface area (Å²) < 4.78 is 38.7. The van der Waals surface area contributed by atoms with E-state index in [1.807, 2.05) is 0 Å². The van der Waals surface area contributed by atoms with E-state index >= 15 is 0 Å². The van der Waals surface area contributed by atoms with Gasteiger partial charge >= 0.3 is 6.18 Å². The molecule has 128 valence electrons. The van der Waals surface area contributed by atoms with Crippen molar-refractivity contribution in [2.24, 2.45) is 5.92 Å². The quantitative estimate of drug-likeness (QED) is 0.815. The van der Waals surface area contributed by atoms with Crippen LogP contribution < -0.4 is 10.9 Å². The van der Waals surface area contributed by atoms with Crippen molar-refractivity contribution in [1.29, 1.82) is 0 Å². The van der Waals surface area contributed by atoms with Gasteiger partial charge in [-0.1, -0.05) is 25.7 Å². The molecule has 1 heterocycles. The number of hydrogen-bond donors (Lipinski definition) is 1. The minimum atomic E-state index is -4.71. The molecule has 0 saturated heterocycles. The Morgan fingerprint density at radius 3 is 2.65 bits per heavy atom. The Balaban J connectivity index is 1.82. The number of halogens is 3. The molecular formula is C16H21F3N2O2. The SMILES string of the molecule is O=C(Cn1cccc(C(F)(F)F)c1=O)NCCCC1CCCC1. The van der Waals surface area contributed by atoms with Gasteiger partial charge in [0.2, 0.25) is 5.91 Å². The van der Waals surface area contributed by atoms with E-state index in [9.17, 15) is 22.8 Å². The third-order valence-corrected chi connectivity index (χ3v) is 4.23. The highest BCUT2D eigenvalue weighted by atomic mass is 19.4. The van der Waals surface area contributed by atoms with E-state index in [0.717, 1.165) is 35.5 Å². The van der Waals surface area contributed by atoms with Gasteiger partial charge in [-0.2, -0.15) is 13.2 Å². The van der Waals surface area contributed by atoms with E-state index < -0.39 is 29.8 Å². The minimum absolute atomic E-state index is 0.397. The van der Waals surface area contributed by atoms with Gasteiger partial charge in [0, 0.05) is 12.7 Å². The lowest BCUT2D eigenvalue weighted by molar-refractivity contribution is -0.139. The second kappa shape index (κ2) is 7.66. The van der Waals surface area contributed by atoms with Crippen LogP contribution in [0.2, 0.25) is 0 Å². The van der Waals surface area contributed by atoms with Crippen molar-refractivity contribution in [2.75, 3.05) is 6.54 Å². The molecule has 0 spiro atoms. The number of carbonyl (C=O) groups excluding carboxylic acids is 1.